The first kappa shape index (κ1) is 35.1. The molecule has 2 rings (SSSR count). The van der Waals surface area contributed by atoms with E-state index in [9.17, 15) is 0 Å². The van der Waals surface area contributed by atoms with Gasteiger partial charge in [0.05, 0.1) is 17.1 Å². The van der Waals surface area contributed by atoms with Crippen molar-refractivity contribution < 1.29 is 0 Å². The lowest BCUT2D eigenvalue weighted by Crippen LogP contribution is -1.98. The molecular weight excluding hydrogens is 508 g/mol. The lowest BCUT2D eigenvalue weighted by Gasteiger charge is -2.06. The molecule has 0 bridgehead atoms. The Bertz CT molecular complexity index is 1170. The molecule has 0 aromatic heterocycles. The van der Waals surface area contributed by atoms with E-state index >= 15 is 0 Å². The summed E-state index contributed by atoms with van der Waals surface area (Å²) < 4.78 is 0. The first-order chi connectivity index (χ1) is 20.8. The molecular formula is C40H56N2. The lowest BCUT2D eigenvalue weighted by molar-refractivity contribution is 0.614. The summed E-state index contributed by atoms with van der Waals surface area (Å²) >= 11 is 0. The zero-order valence-electron chi connectivity index (χ0n) is 27.0. The molecule has 2 aromatic carbocycles. The van der Waals surface area contributed by atoms with E-state index in [1.54, 1.807) is 0 Å². The van der Waals surface area contributed by atoms with Gasteiger partial charge in [-0.2, -0.15) is 0 Å². The van der Waals surface area contributed by atoms with Crippen LogP contribution in [0.5, 0.6) is 0 Å². The fourth-order valence-electron chi connectivity index (χ4n) is 4.91. The average molecular weight is 565 g/mol. The molecule has 0 heterocycles. The predicted octanol–water partition coefficient (Wildman–Crippen LogP) is 11.9. The van der Waals surface area contributed by atoms with E-state index < -0.39 is 0 Å². The standard InChI is InChI=1S/C40H56N2/c1-4-7-9-11-13-15-17-19-21-23-29-36-31-25-27-33-39(36)41-35-38(6-3)42-40-34-28-26-32-37(40)30-24-22-20-18-16-14-12-10-8-5-2/h25-28,31-35H,4-18,23-24,29-30H2,1-3H3. The van der Waals surface area contributed by atoms with Crippen LogP contribution in [0.4, 0.5) is 11.4 Å². The monoisotopic (exact) mass is 564 g/mol. The summed E-state index contributed by atoms with van der Waals surface area (Å²) in [7, 11) is 0. The number of unbranched alkanes of at least 4 members (excludes halogenated alkanes) is 12. The Morgan fingerprint density at radius 1 is 0.548 bits per heavy atom. The Balaban J connectivity index is 1.88. The summed E-state index contributed by atoms with van der Waals surface area (Å²) in [5, 5.41) is 0. The minimum absolute atomic E-state index is 0.835. The summed E-state index contributed by atoms with van der Waals surface area (Å²) in [4.78, 5) is 9.88. The number of hydrogen-bond donors (Lipinski definition) is 0. The van der Waals surface area contributed by atoms with Crippen LogP contribution in [0.15, 0.2) is 58.5 Å². The molecule has 0 atom stereocenters. The second kappa shape index (κ2) is 24.5. The van der Waals surface area contributed by atoms with Crippen LogP contribution in [-0.4, -0.2) is 11.9 Å². The maximum atomic E-state index is 5.01. The number of nitrogens with zero attached hydrogens (tertiary/aromatic N) is 2. The highest BCUT2D eigenvalue weighted by atomic mass is 14.8. The maximum Gasteiger partial charge on any atom is 0.0665 e. The van der Waals surface area contributed by atoms with Crippen LogP contribution in [0, 0.1) is 23.7 Å². The molecule has 226 valence electrons. The van der Waals surface area contributed by atoms with Crippen molar-refractivity contribution in [3.05, 3.63) is 59.7 Å². The van der Waals surface area contributed by atoms with Crippen molar-refractivity contribution in [2.45, 2.75) is 143 Å². The van der Waals surface area contributed by atoms with Gasteiger partial charge in [0.2, 0.25) is 0 Å². The number of para-hydroxylation sites is 2. The van der Waals surface area contributed by atoms with Gasteiger partial charge in [-0.05, 0) is 55.4 Å². The van der Waals surface area contributed by atoms with E-state index in [1.165, 1.54) is 88.2 Å². The lowest BCUT2D eigenvalue weighted by atomic mass is 10.1. The van der Waals surface area contributed by atoms with Crippen LogP contribution < -0.4 is 0 Å². The molecule has 0 fully saturated rings. The van der Waals surface area contributed by atoms with Crippen LogP contribution >= 0.6 is 0 Å². The topological polar surface area (TPSA) is 24.7 Å². The third kappa shape index (κ3) is 16.4. The molecule has 0 N–H and O–H groups in total. The quantitative estimate of drug-likeness (QED) is 0.0868. The molecule has 42 heavy (non-hydrogen) atoms. The van der Waals surface area contributed by atoms with Gasteiger partial charge in [-0.3, -0.25) is 9.98 Å². The summed E-state index contributed by atoms with van der Waals surface area (Å²) in [6.45, 7) is 6.68. The average Bonchev–Trinajstić information content (AvgIpc) is 3.02. The highest BCUT2D eigenvalue weighted by Crippen LogP contribution is 2.22. The van der Waals surface area contributed by atoms with Gasteiger partial charge >= 0.3 is 0 Å². The molecule has 2 heteroatoms. The fraction of sp³-hybridized carbons (Fsp3) is 0.550. The van der Waals surface area contributed by atoms with Crippen molar-refractivity contribution in [3.8, 4) is 23.7 Å². The smallest absolute Gasteiger partial charge is 0.0665 e. The van der Waals surface area contributed by atoms with Gasteiger partial charge in [0, 0.05) is 31.9 Å². The number of aryl methyl sites for hydroxylation is 2. The summed E-state index contributed by atoms with van der Waals surface area (Å²) in [5.74, 6) is 13.5. The third-order valence-electron chi connectivity index (χ3n) is 7.56. The van der Waals surface area contributed by atoms with Crippen LogP contribution in [0.1, 0.15) is 141 Å². The minimum atomic E-state index is 0.835. The second-order valence-electron chi connectivity index (χ2n) is 11.2. The van der Waals surface area contributed by atoms with Crippen LogP contribution in [0.25, 0.3) is 0 Å². The molecule has 0 saturated carbocycles. The van der Waals surface area contributed by atoms with Crippen molar-refractivity contribution >= 4 is 23.3 Å². The maximum absolute atomic E-state index is 5.01. The molecule has 0 amide bonds. The highest BCUT2D eigenvalue weighted by molar-refractivity contribution is 6.31. The van der Waals surface area contributed by atoms with Gasteiger partial charge in [-0.15, -0.1) is 23.7 Å². The van der Waals surface area contributed by atoms with Crippen LogP contribution in [-0.2, 0) is 12.8 Å². The van der Waals surface area contributed by atoms with Crippen LogP contribution in [0.2, 0.25) is 0 Å². The zero-order valence-corrected chi connectivity index (χ0v) is 27.0. The fourth-order valence-corrected chi connectivity index (χ4v) is 4.91. The number of benzene rings is 2. The molecule has 0 unspecified atom stereocenters. The van der Waals surface area contributed by atoms with Crippen LogP contribution in [0.3, 0.4) is 0 Å². The van der Waals surface area contributed by atoms with Gasteiger partial charge in [0.25, 0.3) is 0 Å². The van der Waals surface area contributed by atoms with Crippen molar-refractivity contribution in [1.29, 1.82) is 0 Å². The SMILES string of the molecule is CCCCCCCCC#CCCc1ccccc1N=CC(CC)=Nc1ccccc1CCC#CCCCCCCCC. The molecule has 0 aliphatic rings. The Morgan fingerprint density at radius 2 is 1.00 bits per heavy atom. The van der Waals surface area contributed by atoms with Crippen molar-refractivity contribution in [1.82, 2.24) is 0 Å². The van der Waals surface area contributed by atoms with Crippen molar-refractivity contribution in [3.63, 3.8) is 0 Å². The van der Waals surface area contributed by atoms with E-state index in [0.29, 0.717) is 0 Å². The van der Waals surface area contributed by atoms with Crippen molar-refractivity contribution in [2.75, 3.05) is 0 Å². The molecule has 0 radical (unpaired) electrons. The van der Waals surface area contributed by atoms with E-state index in [1.807, 2.05) is 6.21 Å². The zero-order chi connectivity index (χ0) is 29.9. The minimum Gasteiger partial charge on any atom is -0.255 e. The van der Waals surface area contributed by atoms with Gasteiger partial charge < -0.3 is 0 Å². The molecule has 2 aromatic rings. The van der Waals surface area contributed by atoms with E-state index in [-0.39, 0.29) is 0 Å². The first-order valence-electron chi connectivity index (χ1n) is 17.0. The molecule has 2 nitrogen and oxygen atoms in total. The van der Waals surface area contributed by atoms with Crippen molar-refractivity contribution in [2.24, 2.45) is 9.98 Å². The van der Waals surface area contributed by atoms with E-state index in [2.05, 4.69) is 93.0 Å². The second-order valence-corrected chi connectivity index (χ2v) is 11.2. The summed E-state index contributed by atoms with van der Waals surface area (Å²) in [6.07, 6.45) is 24.3. The third-order valence-corrected chi connectivity index (χ3v) is 7.56. The summed E-state index contributed by atoms with van der Waals surface area (Å²) in [5.41, 5.74) is 5.55. The van der Waals surface area contributed by atoms with Gasteiger partial charge in [0.15, 0.2) is 0 Å². The molecule has 0 aliphatic carbocycles. The molecule has 0 aliphatic heterocycles. The molecule has 0 saturated heterocycles. The summed E-state index contributed by atoms with van der Waals surface area (Å²) in [6, 6.07) is 16.9. The highest BCUT2D eigenvalue weighted by Gasteiger charge is 2.03. The molecule has 0 spiro atoms. The van der Waals surface area contributed by atoms with E-state index in [0.717, 1.165) is 62.0 Å². The Hall–Kier alpha value is -3.10. The normalized spacial score (nSPS) is 11.3. The first-order valence-corrected chi connectivity index (χ1v) is 17.0. The Labute approximate surface area is 258 Å². The van der Waals surface area contributed by atoms with Gasteiger partial charge in [-0.25, -0.2) is 0 Å². The number of rotatable bonds is 20. The van der Waals surface area contributed by atoms with Gasteiger partial charge in [-0.1, -0.05) is 121 Å². The number of aliphatic imine (C=N–C) groups is 2. The van der Waals surface area contributed by atoms with Gasteiger partial charge in [0.1, 0.15) is 0 Å². The Kier molecular flexibility index (Phi) is 20.5. The predicted molar refractivity (Wildman–Crippen MR) is 187 cm³/mol. The number of hydrogen-bond acceptors (Lipinski definition) is 2. The van der Waals surface area contributed by atoms with E-state index in [4.69, 9.17) is 9.98 Å². The largest absolute Gasteiger partial charge is 0.255 e. The Morgan fingerprint density at radius 3 is 1.55 bits per heavy atom.